The number of carbonyl (C=O) groups is 1. The highest BCUT2D eigenvalue weighted by Gasteiger charge is 2.08. The van der Waals surface area contributed by atoms with Gasteiger partial charge in [0.15, 0.2) is 5.58 Å². The molecule has 0 atom stereocenters. The number of nitrogens with one attached hydrogen (secondary N) is 1. The molecule has 20 heavy (non-hydrogen) atoms. The van der Waals surface area contributed by atoms with Crippen LogP contribution in [0, 0.1) is 0 Å². The SMILES string of the molecule is O=C(CCl)Nc1ccc(-c2nc3ccccc3o2)cc1. The van der Waals surface area contributed by atoms with Crippen LogP contribution in [0.3, 0.4) is 0 Å². The lowest BCUT2D eigenvalue weighted by Gasteiger charge is -2.03. The third-order valence-electron chi connectivity index (χ3n) is 2.83. The maximum Gasteiger partial charge on any atom is 0.239 e. The molecule has 0 aliphatic carbocycles. The summed E-state index contributed by atoms with van der Waals surface area (Å²) in [5, 5.41) is 2.67. The van der Waals surface area contributed by atoms with Crippen molar-refractivity contribution in [1.82, 2.24) is 4.98 Å². The summed E-state index contributed by atoms with van der Waals surface area (Å²) in [5.74, 6) is 0.259. The van der Waals surface area contributed by atoms with Crippen LogP contribution in [0.1, 0.15) is 0 Å². The van der Waals surface area contributed by atoms with Gasteiger partial charge in [0.25, 0.3) is 0 Å². The van der Waals surface area contributed by atoms with Crippen molar-refractivity contribution in [2.45, 2.75) is 0 Å². The number of benzene rings is 2. The van der Waals surface area contributed by atoms with Crippen LogP contribution in [0.25, 0.3) is 22.6 Å². The summed E-state index contributed by atoms with van der Waals surface area (Å²) in [5.41, 5.74) is 3.12. The smallest absolute Gasteiger partial charge is 0.239 e. The first-order chi connectivity index (χ1) is 9.76. The van der Waals surface area contributed by atoms with Crippen LogP contribution in [0.4, 0.5) is 5.69 Å². The van der Waals surface area contributed by atoms with E-state index in [9.17, 15) is 4.79 Å². The highest BCUT2D eigenvalue weighted by molar-refractivity contribution is 6.29. The molecule has 4 nitrogen and oxygen atoms in total. The number of para-hydroxylation sites is 2. The zero-order valence-electron chi connectivity index (χ0n) is 10.5. The Morgan fingerprint density at radius 2 is 1.90 bits per heavy atom. The van der Waals surface area contributed by atoms with Crippen LogP contribution in [0.15, 0.2) is 52.9 Å². The Hall–Kier alpha value is -2.33. The Bertz CT molecular complexity index is 717. The Kier molecular flexibility index (Phi) is 3.39. The molecule has 0 unspecified atom stereocenters. The molecule has 5 heteroatoms. The molecule has 3 aromatic rings. The predicted molar refractivity (Wildman–Crippen MR) is 78.8 cm³/mol. The topological polar surface area (TPSA) is 55.1 Å². The van der Waals surface area contributed by atoms with Gasteiger partial charge < -0.3 is 9.73 Å². The number of halogens is 1. The number of aromatic nitrogens is 1. The lowest BCUT2D eigenvalue weighted by atomic mass is 10.2. The second-order valence-corrected chi connectivity index (χ2v) is 4.51. The summed E-state index contributed by atoms with van der Waals surface area (Å²) in [7, 11) is 0. The van der Waals surface area contributed by atoms with Crippen LogP contribution in [0.2, 0.25) is 0 Å². The highest BCUT2D eigenvalue weighted by atomic mass is 35.5. The van der Waals surface area contributed by atoms with Crippen LogP contribution < -0.4 is 5.32 Å². The number of amides is 1. The molecule has 1 heterocycles. The lowest BCUT2D eigenvalue weighted by Crippen LogP contribution is -2.12. The van der Waals surface area contributed by atoms with E-state index >= 15 is 0 Å². The minimum Gasteiger partial charge on any atom is -0.436 e. The van der Waals surface area contributed by atoms with Gasteiger partial charge in [0.05, 0.1) is 0 Å². The van der Waals surface area contributed by atoms with Crippen molar-refractivity contribution in [3.63, 3.8) is 0 Å². The van der Waals surface area contributed by atoms with Gasteiger partial charge in [-0.05, 0) is 36.4 Å². The number of oxazole rings is 1. The van der Waals surface area contributed by atoms with Crippen molar-refractivity contribution in [2.24, 2.45) is 0 Å². The summed E-state index contributed by atoms with van der Waals surface area (Å²) < 4.78 is 5.68. The number of rotatable bonds is 3. The molecular weight excluding hydrogens is 276 g/mol. The van der Waals surface area contributed by atoms with E-state index in [0.29, 0.717) is 11.6 Å². The first-order valence-electron chi connectivity index (χ1n) is 6.08. The average molecular weight is 287 g/mol. The molecular formula is C15H11ClN2O2. The zero-order chi connectivity index (χ0) is 13.9. The van der Waals surface area contributed by atoms with E-state index in [4.69, 9.17) is 16.0 Å². The number of anilines is 1. The second kappa shape index (κ2) is 5.35. The molecule has 1 aromatic heterocycles. The molecule has 2 aromatic carbocycles. The molecule has 0 aliphatic rings. The van der Waals surface area contributed by atoms with Crippen molar-refractivity contribution in [2.75, 3.05) is 11.2 Å². The van der Waals surface area contributed by atoms with Crippen LogP contribution in [-0.4, -0.2) is 16.8 Å². The summed E-state index contributed by atoms with van der Waals surface area (Å²) in [4.78, 5) is 15.6. The minimum absolute atomic E-state index is 0.0626. The number of carbonyl (C=O) groups excluding carboxylic acids is 1. The molecule has 3 rings (SSSR count). The maximum atomic E-state index is 11.2. The van der Waals surface area contributed by atoms with E-state index in [2.05, 4.69) is 10.3 Å². The normalized spacial score (nSPS) is 10.7. The van der Waals surface area contributed by atoms with Crippen molar-refractivity contribution in [3.05, 3.63) is 48.5 Å². The maximum absolute atomic E-state index is 11.2. The fourth-order valence-electron chi connectivity index (χ4n) is 1.89. The Morgan fingerprint density at radius 3 is 2.60 bits per heavy atom. The van der Waals surface area contributed by atoms with Crippen molar-refractivity contribution >= 4 is 34.3 Å². The first-order valence-corrected chi connectivity index (χ1v) is 6.61. The second-order valence-electron chi connectivity index (χ2n) is 4.25. The molecule has 0 bridgehead atoms. The van der Waals surface area contributed by atoms with Gasteiger partial charge in [-0.1, -0.05) is 12.1 Å². The standard InChI is InChI=1S/C15H11ClN2O2/c16-9-14(19)17-11-7-5-10(6-8-11)15-18-12-3-1-2-4-13(12)20-15/h1-8H,9H2,(H,17,19). The monoisotopic (exact) mass is 286 g/mol. The van der Waals surface area contributed by atoms with Crippen LogP contribution in [-0.2, 0) is 4.79 Å². The molecule has 0 radical (unpaired) electrons. The van der Waals surface area contributed by atoms with Gasteiger partial charge in [0.1, 0.15) is 11.4 Å². The lowest BCUT2D eigenvalue weighted by molar-refractivity contribution is -0.113. The van der Waals surface area contributed by atoms with E-state index in [-0.39, 0.29) is 11.8 Å². The highest BCUT2D eigenvalue weighted by Crippen LogP contribution is 2.25. The third kappa shape index (κ3) is 2.51. The predicted octanol–water partition coefficient (Wildman–Crippen LogP) is 3.67. The van der Waals surface area contributed by atoms with E-state index < -0.39 is 0 Å². The van der Waals surface area contributed by atoms with Gasteiger partial charge in [-0.15, -0.1) is 11.6 Å². The van der Waals surface area contributed by atoms with E-state index in [1.807, 2.05) is 36.4 Å². The Labute approximate surface area is 120 Å². The van der Waals surface area contributed by atoms with Crippen LogP contribution in [0.5, 0.6) is 0 Å². The summed E-state index contributed by atoms with van der Waals surface area (Å²) in [6.07, 6.45) is 0. The number of alkyl halides is 1. The van der Waals surface area contributed by atoms with Gasteiger partial charge in [-0.25, -0.2) is 4.98 Å². The number of hydrogen-bond acceptors (Lipinski definition) is 3. The van der Waals surface area contributed by atoms with Gasteiger partial charge in [-0.2, -0.15) is 0 Å². The van der Waals surface area contributed by atoms with Crippen molar-refractivity contribution in [1.29, 1.82) is 0 Å². The largest absolute Gasteiger partial charge is 0.436 e. The Morgan fingerprint density at radius 1 is 1.15 bits per heavy atom. The molecule has 0 saturated carbocycles. The molecule has 0 saturated heterocycles. The van der Waals surface area contributed by atoms with Crippen LogP contribution >= 0.6 is 11.6 Å². The molecule has 1 amide bonds. The third-order valence-corrected chi connectivity index (χ3v) is 3.07. The molecule has 0 spiro atoms. The fourth-order valence-corrected chi connectivity index (χ4v) is 1.95. The average Bonchev–Trinajstić information content (AvgIpc) is 2.91. The van der Waals surface area contributed by atoms with E-state index in [1.165, 1.54) is 0 Å². The number of hydrogen-bond donors (Lipinski definition) is 1. The van der Waals surface area contributed by atoms with E-state index in [1.54, 1.807) is 12.1 Å². The van der Waals surface area contributed by atoms with E-state index in [0.717, 1.165) is 16.7 Å². The molecule has 100 valence electrons. The summed E-state index contributed by atoms with van der Waals surface area (Å²) in [6, 6.07) is 14.9. The van der Waals surface area contributed by atoms with Gasteiger partial charge in [0.2, 0.25) is 11.8 Å². The molecule has 0 fully saturated rings. The summed E-state index contributed by atoms with van der Waals surface area (Å²) in [6.45, 7) is 0. The van der Waals surface area contributed by atoms with Gasteiger partial charge >= 0.3 is 0 Å². The molecule has 0 aliphatic heterocycles. The molecule has 1 N–H and O–H groups in total. The van der Waals surface area contributed by atoms with Gasteiger partial charge in [-0.3, -0.25) is 4.79 Å². The van der Waals surface area contributed by atoms with Gasteiger partial charge in [0, 0.05) is 11.3 Å². The Balaban J connectivity index is 1.88. The van der Waals surface area contributed by atoms with Crippen molar-refractivity contribution < 1.29 is 9.21 Å². The number of fused-ring (bicyclic) bond motifs is 1. The fraction of sp³-hybridized carbons (Fsp3) is 0.0667. The first kappa shape index (κ1) is 12.7. The van der Waals surface area contributed by atoms with Crippen molar-refractivity contribution in [3.8, 4) is 11.5 Å². The zero-order valence-corrected chi connectivity index (χ0v) is 11.2. The minimum atomic E-state index is -0.235. The summed E-state index contributed by atoms with van der Waals surface area (Å²) >= 11 is 5.44. The number of nitrogens with zero attached hydrogens (tertiary/aromatic N) is 1. The quantitative estimate of drug-likeness (QED) is 0.747.